The first kappa shape index (κ1) is 59.4. The Balaban J connectivity index is 1.29. The third-order valence-corrected chi connectivity index (χ3v) is 18.2. The van der Waals surface area contributed by atoms with Gasteiger partial charge in [-0.1, -0.05) is 52.2 Å². The van der Waals surface area contributed by atoms with Gasteiger partial charge in [0.2, 0.25) is 0 Å². The van der Waals surface area contributed by atoms with E-state index in [9.17, 15) is 61.3 Å². The number of carbonyl (C=O) groups excluding carboxylic acids is 1. The first-order chi connectivity index (χ1) is 32.9. The number of phosphoric ester groups is 2. The lowest BCUT2D eigenvalue weighted by Crippen LogP contribution is -2.33. The molecule has 2 aromatic heterocycles. The summed E-state index contributed by atoms with van der Waals surface area (Å²) < 4.78 is 122. The highest BCUT2D eigenvalue weighted by Crippen LogP contribution is 2.67. The average molecular weight is 1170 g/mol. The van der Waals surface area contributed by atoms with Crippen LogP contribution in [0.25, 0.3) is 0 Å². The number of nitrogens with two attached hydrogens (primary N) is 2. The minimum Gasteiger partial charge on any atom is -0.387 e. The number of rotatable bonds is 23. The van der Waals surface area contributed by atoms with E-state index in [1.54, 1.807) is 6.92 Å². The van der Waals surface area contributed by atoms with Crippen molar-refractivity contribution in [2.24, 2.45) is 16.5 Å². The molecule has 0 aromatic carbocycles. The molecule has 4 unspecified atom stereocenters. The van der Waals surface area contributed by atoms with E-state index in [2.05, 4.69) is 50.9 Å². The van der Waals surface area contributed by atoms with E-state index in [4.69, 9.17) is 59.0 Å². The molecular weight excluding hydrogens is 1130 g/mol. The van der Waals surface area contributed by atoms with Crippen LogP contribution in [0.15, 0.2) is 27.0 Å². The van der Waals surface area contributed by atoms with Gasteiger partial charge in [-0.15, -0.1) is 0 Å². The van der Waals surface area contributed by atoms with Crippen LogP contribution >= 0.6 is 68.5 Å². The monoisotopic (exact) mass is 1170 g/mol. The van der Waals surface area contributed by atoms with Gasteiger partial charge in [-0.05, 0) is 0 Å². The van der Waals surface area contributed by atoms with Crippen molar-refractivity contribution >= 4 is 86.0 Å². The number of ketones is 1. The average Bonchev–Trinajstić information content (AvgIpc) is 3.92. The summed E-state index contributed by atoms with van der Waals surface area (Å²) >= 11 is 0. The number of amidine groups is 1. The Morgan fingerprint density at radius 3 is 1.69 bits per heavy atom. The van der Waals surface area contributed by atoms with Crippen LogP contribution in [-0.2, 0) is 72.6 Å². The molecule has 5 rings (SSSR count). The van der Waals surface area contributed by atoms with Crippen molar-refractivity contribution in [3.05, 3.63) is 49.9 Å². The smallest absolute Gasteiger partial charge is 0.387 e. The topological polar surface area (TPSA) is 498 Å². The predicted octanol–water partition coefficient (Wildman–Crippen LogP) is 1.01. The molecule has 0 radical (unpaired) electrons. The molecule has 0 aliphatic carbocycles. The van der Waals surface area contributed by atoms with Crippen LogP contribution in [0, 0.1) is 23.7 Å². The Morgan fingerprint density at radius 1 is 0.732 bits per heavy atom. The largest absolute Gasteiger partial charge is 0.490 e. The van der Waals surface area contributed by atoms with Crippen molar-refractivity contribution in [2.75, 3.05) is 31.6 Å². The fraction of sp³-hybridized carbons (Fsp3) is 0.533. The number of hydrogen-bond donors (Lipinski definition) is 11. The Hall–Kier alpha value is -2.46. The second-order valence-electron chi connectivity index (χ2n) is 14.1. The number of nitrogens with one attached hydrogen (secondary N) is 1. The van der Waals surface area contributed by atoms with Gasteiger partial charge in [0.15, 0.2) is 5.78 Å². The van der Waals surface area contributed by atoms with Gasteiger partial charge < -0.3 is 74.1 Å². The van der Waals surface area contributed by atoms with Crippen molar-refractivity contribution in [1.29, 1.82) is 0 Å². The van der Waals surface area contributed by atoms with Crippen LogP contribution in [0.4, 0.5) is 5.82 Å². The molecule has 2 fully saturated rings. The second kappa shape index (κ2) is 24.5. The Labute approximate surface area is 406 Å². The molecule has 5 heterocycles. The van der Waals surface area contributed by atoms with Crippen LogP contribution in [0.5, 0.6) is 0 Å². The lowest BCUT2D eigenvalue weighted by Gasteiger charge is -2.22. The van der Waals surface area contributed by atoms with Crippen LogP contribution in [0.3, 0.4) is 0 Å². The summed E-state index contributed by atoms with van der Waals surface area (Å²) in [5.41, 5.74) is 9.84. The zero-order chi connectivity index (χ0) is 52.7. The highest BCUT2D eigenvalue weighted by atomic mass is 33.1. The van der Waals surface area contributed by atoms with E-state index in [1.165, 1.54) is 10.8 Å². The number of H-pyrrole nitrogens is 1. The first-order valence-electron chi connectivity index (χ1n) is 19.4. The molecular formula is C30H42N6O27P6S2. The summed E-state index contributed by atoms with van der Waals surface area (Å²) in [5, 5.41) is 0. The molecule has 396 valence electrons. The number of hydrogen-bond acceptors (Lipinski definition) is 24. The molecule has 0 bridgehead atoms. The molecule has 71 heavy (non-hydrogen) atoms. The molecule has 2 aromatic rings. The molecule has 33 nitrogen and oxygen atoms in total. The van der Waals surface area contributed by atoms with Crippen LogP contribution in [0.2, 0.25) is 0 Å². The van der Waals surface area contributed by atoms with Gasteiger partial charge in [0.1, 0.15) is 53.8 Å². The van der Waals surface area contributed by atoms with Crippen molar-refractivity contribution in [2.45, 2.75) is 69.5 Å². The highest BCUT2D eigenvalue weighted by Gasteiger charge is 2.46. The summed E-state index contributed by atoms with van der Waals surface area (Å²) in [6.45, 7) is -0.309. The van der Waals surface area contributed by atoms with Crippen molar-refractivity contribution in [3.8, 4) is 23.7 Å². The number of Topliss-reactive ketones (excluding diaryl/α,β-unsaturated/α-hetero) is 1. The standard InChI is InChI=1S/C30H42N6O27P6S2/c1-2-3-5-18-12-36(30(39)34-29(18)38)26-10-21(23(59-26)14-57-67(48,49)63-69(52,53)61-65(43,44)45)55-16-71-70-15-54-20-9-25(35-11-17(6-4-7-31)27-19(37)8-24(32)33-28(27)35)58-22(20)13-56-66(46,47)62-68(50,51)60-64(40,41)42/h11-12,20-23,25-26H,2,7-10,13-16,31H2,1H3,(H2,32,33)(H,46,47)(H,48,49)(H,50,51)(H,52,53)(H,34,38,39)(H2,40,41,42)(H2,43,44,45)/t20-,21-,22-,23-,25-,26-/m1/s1. The minimum atomic E-state index is -5.90. The summed E-state index contributed by atoms with van der Waals surface area (Å²) in [5.74, 6) is 9.72. The van der Waals surface area contributed by atoms with Crippen molar-refractivity contribution < 1.29 is 117 Å². The Bertz CT molecular complexity index is 2900. The van der Waals surface area contributed by atoms with E-state index in [0.29, 0.717) is 6.42 Å². The number of aliphatic imine (C=N–C) groups is 1. The van der Waals surface area contributed by atoms with Crippen LogP contribution in [0.1, 0.15) is 66.5 Å². The van der Waals surface area contributed by atoms with Crippen molar-refractivity contribution in [1.82, 2.24) is 14.1 Å². The zero-order valence-electron chi connectivity index (χ0n) is 35.8. The molecule has 3 aliphatic rings. The number of ether oxygens (including phenoxy) is 4. The maximum atomic E-state index is 13.0. The fourth-order valence-corrected chi connectivity index (χ4v) is 13.8. The van der Waals surface area contributed by atoms with Crippen LogP contribution in [-0.4, -0.2) is 121 Å². The normalized spacial score (nSPS) is 24.8. The lowest BCUT2D eigenvalue weighted by atomic mass is 10.0. The maximum absolute atomic E-state index is 13.0. The molecule has 3 aliphatic heterocycles. The quantitative estimate of drug-likeness (QED) is 0.0243. The summed E-state index contributed by atoms with van der Waals surface area (Å²) in [6.07, 6.45) is -5.07. The predicted molar refractivity (Wildman–Crippen MR) is 240 cm³/mol. The van der Waals surface area contributed by atoms with E-state index in [1.807, 2.05) is 0 Å². The third kappa shape index (κ3) is 18.1. The molecule has 0 saturated carbocycles. The van der Waals surface area contributed by atoms with Gasteiger partial charge in [0.25, 0.3) is 5.56 Å². The van der Waals surface area contributed by atoms with Crippen molar-refractivity contribution in [3.63, 3.8) is 0 Å². The SMILES string of the molecule is CCC#Cc1cn([C@H]2C[C@@H](OCSSCO[C@@H]3C[C@H](n4cc(C#CCN)c5c4N=C(N)CC5=O)O[C@@H]3COP(=O)(O)OP(=O)(O)OP(=O)(O)O)[C@@H](COP(=O)(O)OP(=O)(O)OP(=O)(O)O)O2)c(=O)[nH]c1=O. The Kier molecular flexibility index (Phi) is 20.5. The second-order valence-corrected chi connectivity index (χ2v) is 25.3. The number of aromatic amines is 1. The maximum Gasteiger partial charge on any atom is 0.490 e. The van der Waals surface area contributed by atoms with E-state index in [0.717, 1.165) is 32.4 Å². The van der Waals surface area contributed by atoms with Gasteiger partial charge >= 0.3 is 52.6 Å². The molecule has 0 spiro atoms. The van der Waals surface area contributed by atoms with Crippen LogP contribution < -0.4 is 22.7 Å². The first-order valence-corrected chi connectivity index (χ1v) is 30.9. The highest BCUT2D eigenvalue weighted by molar-refractivity contribution is 8.76. The van der Waals surface area contributed by atoms with Gasteiger partial charge in [0, 0.05) is 31.7 Å². The summed E-state index contributed by atoms with van der Waals surface area (Å²) in [4.78, 5) is 119. The summed E-state index contributed by atoms with van der Waals surface area (Å²) in [7, 11) is -32.6. The van der Waals surface area contributed by atoms with E-state index < -0.39 is 114 Å². The van der Waals surface area contributed by atoms with Gasteiger partial charge in [-0.25, -0.2) is 37.2 Å². The minimum absolute atomic E-state index is 0.0361. The molecule has 2 saturated heterocycles. The third-order valence-electron chi connectivity index (χ3n) is 8.93. The molecule has 41 heteroatoms. The van der Waals surface area contributed by atoms with Gasteiger partial charge in [-0.2, -0.15) is 17.2 Å². The summed E-state index contributed by atoms with van der Waals surface area (Å²) in [6, 6.07) is 0. The molecule has 13 N–H and O–H groups in total. The molecule has 10 atom stereocenters. The Morgan fingerprint density at radius 2 is 1.21 bits per heavy atom. The molecule has 0 amide bonds. The lowest BCUT2D eigenvalue weighted by molar-refractivity contribution is -0.0544. The zero-order valence-corrected chi connectivity index (χ0v) is 42.8. The number of phosphoric acid groups is 6. The van der Waals surface area contributed by atoms with E-state index >= 15 is 0 Å². The number of nitrogens with zero attached hydrogens (tertiary/aromatic N) is 3. The number of fused-ring (bicyclic) bond motifs is 1. The number of aromatic nitrogens is 3. The fourth-order valence-electron chi connectivity index (χ4n) is 6.40. The number of carbonyl (C=O) groups is 1. The van der Waals surface area contributed by atoms with E-state index in [-0.39, 0.29) is 66.0 Å². The van der Waals surface area contributed by atoms with Gasteiger partial charge in [-0.3, -0.25) is 28.2 Å². The van der Waals surface area contributed by atoms with Gasteiger partial charge in [0.05, 0.1) is 49.5 Å².